The molecule has 3 rings (SSSR count). The Hall–Kier alpha value is -1.55. The van der Waals surface area contributed by atoms with E-state index >= 15 is 0 Å². The van der Waals surface area contributed by atoms with E-state index in [1.165, 1.54) is 11.1 Å². The molecule has 1 atom stereocenters. The van der Waals surface area contributed by atoms with Gasteiger partial charge in [-0.1, -0.05) is 24.3 Å². The van der Waals surface area contributed by atoms with Gasteiger partial charge in [0.1, 0.15) is 5.03 Å². The van der Waals surface area contributed by atoms with E-state index in [-0.39, 0.29) is 0 Å². The fraction of sp³-hybridized carbons (Fsp3) is 0.333. The maximum Gasteiger partial charge on any atom is 0.151 e. The van der Waals surface area contributed by atoms with Crippen LogP contribution in [0, 0.1) is 0 Å². The van der Waals surface area contributed by atoms with Crippen molar-refractivity contribution in [3.8, 4) is 0 Å². The molecule has 0 radical (unpaired) electrons. The fourth-order valence-electron chi connectivity index (χ4n) is 2.71. The Morgan fingerprint density at radius 2 is 2.00 bits per heavy atom. The molecule has 1 aliphatic carbocycles. The largest absolute Gasteiger partial charge is 0.351 e. The number of thioether (sulfide) groups is 1. The van der Waals surface area contributed by atoms with Crippen LogP contribution in [0.1, 0.15) is 23.6 Å². The molecule has 4 heteroatoms. The number of anilines is 1. The van der Waals surface area contributed by atoms with E-state index in [0.29, 0.717) is 6.04 Å². The van der Waals surface area contributed by atoms with E-state index in [1.807, 2.05) is 12.3 Å². The van der Waals surface area contributed by atoms with E-state index in [2.05, 4.69) is 52.5 Å². The van der Waals surface area contributed by atoms with Crippen LogP contribution in [0.3, 0.4) is 0 Å². The molecule has 1 aliphatic rings. The molecule has 2 aromatic rings. The summed E-state index contributed by atoms with van der Waals surface area (Å²) < 4.78 is 0. The number of benzene rings is 1. The lowest BCUT2D eigenvalue weighted by atomic mass is 10.1. The van der Waals surface area contributed by atoms with E-state index in [1.54, 1.807) is 11.8 Å². The minimum Gasteiger partial charge on any atom is -0.351 e. The Morgan fingerprint density at radius 1 is 1.16 bits per heavy atom. The standard InChI is InChI=1S/C15H17N3S/c1-18(14-9-10-15(19-2)17-16-14)13-8-7-11-5-3-4-6-12(11)13/h3-6,9-10,13H,7-8H2,1-2H3. The zero-order chi connectivity index (χ0) is 13.2. The van der Waals surface area contributed by atoms with Gasteiger partial charge in [0.15, 0.2) is 5.82 Å². The van der Waals surface area contributed by atoms with Gasteiger partial charge in [-0.15, -0.1) is 22.0 Å². The predicted octanol–water partition coefficient (Wildman–Crippen LogP) is 3.32. The molecule has 0 saturated heterocycles. The molecule has 3 nitrogen and oxygen atoms in total. The first-order valence-electron chi connectivity index (χ1n) is 6.48. The van der Waals surface area contributed by atoms with Crippen molar-refractivity contribution in [2.24, 2.45) is 0 Å². The van der Waals surface area contributed by atoms with Crippen molar-refractivity contribution in [3.63, 3.8) is 0 Å². The van der Waals surface area contributed by atoms with Crippen LogP contribution < -0.4 is 4.90 Å². The molecule has 1 aromatic heterocycles. The first-order chi connectivity index (χ1) is 9.29. The Kier molecular flexibility index (Phi) is 3.42. The highest BCUT2D eigenvalue weighted by atomic mass is 32.2. The minimum absolute atomic E-state index is 0.422. The summed E-state index contributed by atoms with van der Waals surface area (Å²) in [6, 6.07) is 13.2. The molecule has 1 unspecified atom stereocenters. The molecule has 0 N–H and O–H groups in total. The number of hydrogen-bond acceptors (Lipinski definition) is 4. The van der Waals surface area contributed by atoms with Crippen molar-refractivity contribution in [1.82, 2.24) is 10.2 Å². The van der Waals surface area contributed by atoms with Crippen molar-refractivity contribution in [2.75, 3.05) is 18.2 Å². The quantitative estimate of drug-likeness (QED) is 0.801. The van der Waals surface area contributed by atoms with Gasteiger partial charge in [-0.3, -0.25) is 0 Å². The summed E-state index contributed by atoms with van der Waals surface area (Å²) in [6.45, 7) is 0. The fourth-order valence-corrected chi connectivity index (χ4v) is 3.03. The SMILES string of the molecule is CSc1ccc(N(C)C2CCc3ccccc32)nn1. The summed E-state index contributed by atoms with van der Waals surface area (Å²) in [5.41, 5.74) is 2.90. The Balaban J connectivity index is 1.86. The van der Waals surface area contributed by atoms with Crippen molar-refractivity contribution < 1.29 is 0 Å². The third-order valence-electron chi connectivity index (χ3n) is 3.77. The lowest BCUT2D eigenvalue weighted by molar-refractivity contribution is 0.648. The minimum atomic E-state index is 0.422. The van der Waals surface area contributed by atoms with Gasteiger partial charge in [0.2, 0.25) is 0 Å². The lowest BCUT2D eigenvalue weighted by Gasteiger charge is -2.26. The molecular formula is C15H17N3S. The third kappa shape index (κ3) is 2.32. The first kappa shape index (κ1) is 12.5. The van der Waals surface area contributed by atoms with Gasteiger partial charge >= 0.3 is 0 Å². The predicted molar refractivity (Wildman–Crippen MR) is 79.7 cm³/mol. The summed E-state index contributed by atoms with van der Waals surface area (Å²) in [7, 11) is 2.11. The molecule has 0 fully saturated rings. The van der Waals surface area contributed by atoms with E-state index < -0.39 is 0 Å². The third-order valence-corrected chi connectivity index (χ3v) is 4.40. The maximum absolute atomic E-state index is 4.32. The molecule has 0 bridgehead atoms. The zero-order valence-electron chi connectivity index (χ0n) is 11.2. The summed E-state index contributed by atoms with van der Waals surface area (Å²) in [6.07, 6.45) is 4.32. The Bertz CT molecular complexity index is 568. The first-order valence-corrected chi connectivity index (χ1v) is 7.70. The van der Waals surface area contributed by atoms with Gasteiger partial charge in [0.05, 0.1) is 6.04 Å². The normalized spacial score (nSPS) is 17.3. The second kappa shape index (κ2) is 5.21. The van der Waals surface area contributed by atoms with Gasteiger partial charge in [-0.25, -0.2) is 0 Å². The van der Waals surface area contributed by atoms with Gasteiger partial charge in [0.25, 0.3) is 0 Å². The number of aryl methyl sites for hydroxylation is 1. The smallest absolute Gasteiger partial charge is 0.151 e. The maximum atomic E-state index is 4.32. The van der Waals surface area contributed by atoms with Gasteiger partial charge in [0, 0.05) is 7.05 Å². The van der Waals surface area contributed by atoms with Crippen molar-refractivity contribution in [1.29, 1.82) is 0 Å². The summed E-state index contributed by atoms with van der Waals surface area (Å²) >= 11 is 1.62. The van der Waals surface area contributed by atoms with Crippen LogP contribution in [0.15, 0.2) is 41.4 Å². The van der Waals surface area contributed by atoms with Crippen LogP contribution in [-0.4, -0.2) is 23.5 Å². The molecule has 19 heavy (non-hydrogen) atoms. The van der Waals surface area contributed by atoms with Crippen LogP contribution in [-0.2, 0) is 6.42 Å². The second-order valence-corrected chi connectivity index (χ2v) is 5.62. The van der Waals surface area contributed by atoms with Crippen LogP contribution >= 0.6 is 11.8 Å². The molecule has 98 valence electrons. The lowest BCUT2D eigenvalue weighted by Crippen LogP contribution is -2.23. The molecule has 1 heterocycles. The van der Waals surface area contributed by atoms with Gasteiger partial charge in [-0.05, 0) is 42.4 Å². The highest BCUT2D eigenvalue weighted by Gasteiger charge is 2.26. The summed E-state index contributed by atoms with van der Waals surface area (Å²) in [5, 5.41) is 9.50. The molecule has 0 spiro atoms. The van der Waals surface area contributed by atoms with Crippen molar-refractivity contribution in [3.05, 3.63) is 47.5 Å². The summed E-state index contributed by atoms with van der Waals surface area (Å²) in [4.78, 5) is 2.24. The van der Waals surface area contributed by atoms with Crippen LogP contribution in [0.5, 0.6) is 0 Å². The zero-order valence-corrected chi connectivity index (χ0v) is 12.0. The van der Waals surface area contributed by atoms with E-state index in [9.17, 15) is 0 Å². The number of hydrogen-bond donors (Lipinski definition) is 0. The van der Waals surface area contributed by atoms with Crippen molar-refractivity contribution in [2.45, 2.75) is 23.9 Å². The monoisotopic (exact) mass is 271 g/mol. The van der Waals surface area contributed by atoms with E-state index in [4.69, 9.17) is 0 Å². The molecule has 0 saturated carbocycles. The Morgan fingerprint density at radius 3 is 2.74 bits per heavy atom. The highest BCUT2D eigenvalue weighted by molar-refractivity contribution is 7.98. The summed E-state index contributed by atoms with van der Waals surface area (Å²) in [5.74, 6) is 0.944. The number of rotatable bonds is 3. The highest BCUT2D eigenvalue weighted by Crippen LogP contribution is 2.36. The average molecular weight is 271 g/mol. The van der Waals surface area contributed by atoms with Crippen LogP contribution in [0.2, 0.25) is 0 Å². The topological polar surface area (TPSA) is 29.0 Å². The number of aromatic nitrogens is 2. The van der Waals surface area contributed by atoms with Crippen LogP contribution in [0.4, 0.5) is 5.82 Å². The van der Waals surface area contributed by atoms with Gasteiger partial charge in [-0.2, -0.15) is 0 Å². The molecule has 0 aliphatic heterocycles. The number of fused-ring (bicyclic) bond motifs is 1. The Labute approximate surface area is 118 Å². The van der Waals surface area contributed by atoms with Crippen molar-refractivity contribution >= 4 is 17.6 Å². The van der Waals surface area contributed by atoms with Gasteiger partial charge < -0.3 is 4.90 Å². The number of nitrogens with zero attached hydrogens (tertiary/aromatic N) is 3. The van der Waals surface area contributed by atoms with Crippen LogP contribution in [0.25, 0.3) is 0 Å². The molecular weight excluding hydrogens is 254 g/mol. The average Bonchev–Trinajstić information content (AvgIpc) is 2.90. The molecule has 1 aromatic carbocycles. The second-order valence-electron chi connectivity index (χ2n) is 4.80. The van der Waals surface area contributed by atoms with E-state index in [0.717, 1.165) is 23.7 Å². The molecule has 0 amide bonds.